The van der Waals surface area contributed by atoms with E-state index in [2.05, 4.69) is 45.0 Å². The molecule has 0 N–H and O–H groups in total. The molecule has 0 spiro atoms. The zero-order valence-corrected chi connectivity index (χ0v) is 13.7. The lowest BCUT2D eigenvalue weighted by Gasteiger charge is -2.46. The zero-order chi connectivity index (χ0) is 14.0. The normalized spacial score (nSPS) is 40.3. The molecule has 1 saturated carbocycles. The summed E-state index contributed by atoms with van der Waals surface area (Å²) in [5.74, 6) is 0. The molecule has 1 heterocycles. The van der Waals surface area contributed by atoms with Crippen LogP contribution >= 0.6 is 0 Å². The molecule has 0 radical (unpaired) electrons. The van der Waals surface area contributed by atoms with Gasteiger partial charge in [-0.05, 0) is 26.2 Å². The molecule has 1 aliphatic carbocycles. The molecule has 0 bridgehead atoms. The van der Waals surface area contributed by atoms with Crippen LogP contribution in [0.2, 0.25) is 0 Å². The van der Waals surface area contributed by atoms with Gasteiger partial charge in [-0.15, -0.1) is 10.0 Å². The Morgan fingerprint density at radius 1 is 0.947 bits per heavy atom. The van der Waals surface area contributed by atoms with Gasteiger partial charge in [-0.3, -0.25) is 0 Å². The fraction of sp³-hybridized carbons (Fsp3) is 1.00. The van der Waals surface area contributed by atoms with Crippen LogP contribution in [-0.2, 0) is 0 Å². The number of hydrogen-bond donors (Lipinski definition) is 0. The summed E-state index contributed by atoms with van der Waals surface area (Å²) in [6.07, 6.45) is 11.2. The molecule has 1 saturated heterocycles. The van der Waals surface area contributed by atoms with Crippen LogP contribution in [0.5, 0.6) is 0 Å². The average Bonchev–Trinajstić information content (AvgIpc) is 2.51. The van der Waals surface area contributed by atoms with Crippen LogP contribution in [0.25, 0.3) is 0 Å². The summed E-state index contributed by atoms with van der Waals surface area (Å²) in [6, 6.07) is 2.14. The van der Waals surface area contributed by atoms with Crippen LogP contribution in [0.4, 0.5) is 0 Å². The Balaban J connectivity index is 2.19. The third kappa shape index (κ3) is 2.57. The Labute approximate surface area is 120 Å². The van der Waals surface area contributed by atoms with Gasteiger partial charge in [0.1, 0.15) is 13.1 Å². The third-order valence-corrected chi connectivity index (χ3v) is 6.09. The molecule has 3 atom stereocenters. The lowest BCUT2D eigenvalue weighted by atomic mass is 9.96. The Morgan fingerprint density at radius 2 is 1.47 bits per heavy atom. The highest BCUT2D eigenvalue weighted by atomic mass is 16.0. The summed E-state index contributed by atoms with van der Waals surface area (Å²) >= 11 is 0. The zero-order valence-electron chi connectivity index (χ0n) is 13.7. The Kier molecular flexibility index (Phi) is 4.91. The molecule has 3 heteroatoms. The summed E-state index contributed by atoms with van der Waals surface area (Å²) < 4.78 is 1.04. The monoisotopic (exact) mass is 268 g/mol. The molecule has 0 aromatic heterocycles. The third-order valence-electron chi connectivity index (χ3n) is 6.09. The van der Waals surface area contributed by atoms with Crippen LogP contribution in [0, 0.1) is 0 Å². The summed E-state index contributed by atoms with van der Waals surface area (Å²) in [7, 11) is 7.11. The molecule has 0 aromatic carbocycles. The Hall–Kier alpha value is -0.120. The number of nitrogens with zero attached hydrogens (tertiary/aromatic N) is 3. The fourth-order valence-electron chi connectivity index (χ4n) is 4.50. The van der Waals surface area contributed by atoms with Crippen LogP contribution in [0.15, 0.2) is 0 Å². The molecule has 2 fully saturated rings. The molecule has 3 nitrogen and oxygen atoms in total. The summed E-state index contributed by atoms with van der Waals surface area (Å²) in [5, 5.41) is 5.25. The van der Waals surface area contributed by atoms with E-state index in [1.165, 1.54) is 51.4 Å². The molecule has 0 aromatic rings. The van der Waals surface area contributed by atoms with Crippen LogP contribution in [-0.4, -0.2) is 54.0 Å². The molecule has 3 unspecified atom stereocenters. The molecule has 19 heavy (non-hydrogen) atoms. The molecule has 112 valence electrons. The van der Waals surface area contributed by atoms with E-state index in [1.807, 2.05) is 0 Å². The van der Waals surface area contributed by atoms with Crippen LogP contribution in [0.1, 0.15) is 65.2 Å². The molecule has 0 amide bonds. The predicted octanol–water partition coefficient (Wildman–Crippen LogP) is 3.42. The van der Waals surface area contributed by atoms with Crippen molar-refractivity contribution in [3.8, 4) is 0 Å². The van der Waals surface area contributed by atoms with Gasteiger partial charge in [0.2, 0.25) is 0 Å². The number of rotatable bonds is 2. The Bertz CT molecular complexity index is 286. The minimum absolute atomic E-state index is 0.658. The minimum Gasteiger partial charge on any atom is -0.166 e. The molecule has 2 aliphatic rings. The van der Waals surface area contributed by atoms with Crippen molar-refractivity contribution in [3.63, 3.8) is 0 Å². The maximum atomic E-state index is 2.64. The molecular weight excluding hydrogens is 234 g/mol. The van der Waals surface area contributed by atoms with Crippen molar-refractivity contribution in [3.05, 3.63) is 0 Å². The van der Waals surface area contributed by atoms with Crippen molar-refractivity contribution in [2.24, 2.45) is 0 Å². The smallest absolute Gasteiger partial charge is 0.125 e. The van der Waals surface area contributed by atoms with E-state index >= 15 is 0 Å². The van der Waals surface area contributed by atoms with E-state index < -0.39 is 0 Å². The van der Waals surface area contributed by atoms with Gasteiger partial charge >= 0.3 is 0 Å². The van der Waals surface area contributed by atoms with E-state index in [4.69, 9.17) is 0 Å². The van der Waals surface area contributed by atoms with Gasteiger partial charge in [-0.2, -0.15) is 4.70 Å². The number of hydrogen-bond acceptors (Lipinski definition) is 2. The van der Waals surface area contributed by atoms with Gasteiger partial charge < -0.3 is 0 Å². The van der Waals surface area contributed by atoms with Crippen LogP contribution in [0.3, 0.4) is 0 Å². The highest BCUT2D eigenvalue weighted by Crippen LogP contribution is 2.37. The summed E-state index contributed by atoms with van der Waals surface area (Å²) in [4.78, 5) is 0. The van der Waals surface area contributed by atoms with Gasteiger partial charge in [0.25, 0.3) is 0 Å². The maximum Gasteiger partial charge on any atom is 0.125 e. The van der Waals surface area contributed by atoms with Gasteiger partial charge in [-0.25, -0.2) is 0 Å². The van der Waals surface area contributed by atoms with Gasteiger partial charge in [0.15, 0.2) is 0 Å². The van der Waals surface area contributed by atoms with E-state index in [1.54, 1.807) is 0 Å². The lowest BCUT2D eigenvalue weighted by Crippen LogP contribution is -2.64. The van der Waals surface area contributed by atoms with Crippen molar-refractivity contribution in [2.45, 2.75) is 83.3 Å². The standard InChI is InChI=1S/C16H34N3/c1-6-16-14(2)17(3)19(5,18(16)4)15-12-10-8-7-9-11-13-15/h14-16H,6-13H2,1-5H3/q+1. The maximum absolute atomic E-state index is 2.64. The first-order valence-electron chi connectivity index (χ1n) is 8.36. The van der Waals surface area contributed by atoms with Crippen LogP contribution < -0.4 is 0 Å². The van der Waals surface area contributed by atoms with Crippen molar-refractivity contribution < 1.29 is 4.70 Å². The Morgan fingerprint density at radius 3 is 1.95 bits per heavy atom. The first-order chi connectivity index (χ1) is 9.03. The molecular formula is C16H34N3+. The molecule has 1 aliphatic heterocycles. The minimum atomic E-state index is 0.658. The van der Waals surface area contributed by atoms with E-state index in [0.717, 1.165) is 10.7 Å². The van der Waals surface area contributed by atoms with Crippen molar-refractivity contribution in [1.82, 2.24) is 10.0 Å². The second-order valence-electron chi connectivity index (χ2n) is 6.84. The summed E-state index contributed by atoms with van der Waals surface area (Å²) in [6.45, 7) is 4.73. The number of likely N-dealkylation sites (N-methyl/N-ethyl adjacent to an activating group) is 2. The second-order valence-corrected chi connectivity index (χ2v) is 6.84. The first kappa shape index (κ1) is 15.3. The second kappa shape index (κ2) is 6.11. The van der Waals surface area contributed by atoms with Crippen molar-refractivity contribution >= 4 is 0 Å². The largest absolute Gasteiger partial charge is 0.166 e. The quantitative estimate of drug-likeness (QED) is 0.708. The summed E-state index contributed by atoms with van der Waals surface area (Å²) in [5.41, 5.74) is 0. The van der Waals surface area contributed by atoms with E-state index in [0.29, 0.717) is 12.1 Å². The number of quaternary nitrogens is 1. The van der Waals surface area contributed by atoms with Gasteiger partial charge in [0, 0.05) is 26.9 Å². The van der Waals surface area contributed by atoms with E-state index in [-0.39, 0.29) is 0 Å². The lowest BCUT2D eigenvalue weighted by molar-refractivity contribution is -1.11. The highest BCUT2D eigenvalue weighted by molar-refractivity contribution is 4.80. The van der Waals surface area contributed by atoms with Crippen molar-refractivity contribution in [1.29, 1.82) is 0 Å². The molecule has 2 rings (SSSR count). The first-order valence-corrected chi connectivity index (χ1v) is 8.36. The highest BCUT2D eigenvalue weighted by Gasteiger charge is 2.53. The average molecular weight is 268 g/mol. The van der Waals surface area contributed by atoms with Crippen molar-refractivity contribution in [2.75, 3.05) is 21.1 Å². The van der Waals surface area contributed by atoms with E-state index in [9.17, 15) is 0 Å². The van der Waals surface area contributed by atoms with Gasteiger partial charge in [-0.1, -0.05) is 26.2 Å². The fourth-order valence-corrected chi connectivity index (χ4v) is 4.50. The van der Waals surface area contributed by atoms with Gasteiger partial charge in [0.05, 0.1) is 12.1 Å². The topological polar surface area (TPSA) is 6.48 Å². The SMILES string of the molecule is CCC1C(C)N(C)[N+](C)(C2CCCCCCC2)N1C. The predicted molar refractivity (Wildman–Crippen MR) is 81.4 cm³/mol.